The fourth-order valence-electron chi connectivity index (χ4n) is 4.09. The van der Waals surface area contributed by atoms with E-state index in [1.165, 1.54) is 36.3 Å². The molecule has 0 spiro atoms. The quantitative estimate of drug-likeness (QED) is 0.929. The van der Waals surface area contributed by atoms with Gasteiger partial charge >= 0.3 is 0 Å². The summed E-state index contributed by atoms with van der Waals surface area (Å²) < 4.78 is 7.59. The molecule has 2 aliphatic rings. The number of likely N-dealkylation sites (tertiary alicyclic amines) is 1. The molecule has 1 fully saturated rings. The van der Waals surface area contributed by atoms with E-state index in [-0.39, 0.29) is 0 Å². The monoisotopic (exact) mass is 340 g/mol. The third-order valence-electron chi connectivity index (χ3n) is 5.40. The van der Waals surface area contributed by atoms with E-state index in [1.54, 1.807) is 7.11 Å². The number of ether oxygens (including phenoxy) is 1. The van der Waals surface area contributed by atoms with Crippen molar-refractivity contribution in [1.29, 1.82) is 0 Å². The van der Waals surface area contributed by atoms with Gasteiger partial charge in [-0.2, -0.15) is 5.10 Å². The van der Waals surface area contributed by atoms with Gasteiger partial charge in [0.1, 0.15) is 5.75 Å². The number of fused-ring (bicyclic) bond motifs is 1. The first-order valence-electron chi connectivity index (χ1n) is 9.44. The molecule has 5 heteroatoms. The highest BCUT2D eigenvalue weighted by atomic mass is 16.5. The Balaban J connectivity index is 1.43. The van der Waals surface area contributed by atoms with Crippen molar-refractivity contribution in [3.63, 3.8) is 0 Å². The largest absolute Gasteiger partial charge is 0.497 e. The molecule has 25 heavy (non-hydrogen) atoms. The molecule has 0 aliphatic carbocycles. The zero-order chi connectivity index (χ0) is 17.1. The molecule has 0 bridgehead atoms. The fraction of sp³-hybridized carbons (Fsp3) is 0.550. The Morgan fingerprint density at radius 2 is 2.20 bits per heavy atom. The van der Waals surface area contributed by atoms with Crippen LogP contribution in [0.1, 0.15) is 42.1 Å². The smallest absolute Gasteiger partial charge is 0.119 e. The summed E-state index contributed by atoms with van der Waals surface area (Å²) in [4.78, 5) is 2.56. The van der Waals surface area contributed by atoms with Gasteiger partial charge in [0.15, 0.2) is 0 Å². The molecule has 1 N–H and O–H groups in total. The second kappa shape index (κ2) is 7.58. The standard InChI is InChI=1S/C20H28N4O/c1-25-20-7-2-5-16(11-20)17-6-3-9-23(14-17)15-18-12-19-13-21-8-4-10-24(19)22-18/h2,5,7,11-12,17,21H,3-4,6,8-10,13-15H2,1H3/t17-/m1/s1. The molecule has 1 aromatic carbocycles. The van der Waals surface area contributed by atoms with Gasteiger partial charge in [0.25, 0.3) is 0 Å². The van der Waals surface area contributed by atoms with E-state index in [0.717, 1.165) is 44.9 Å². The van der Waals surface area contributed by atoms with Crippen LogP contribution in [0.3, 0.4) is 0 Å². The van der Waals surface area contributed by atoms with Crippen LogP contribution in [0, 0.1) is 0 Å². The zero-order valence-electron chi connectivity index (χ0n) is 15.1. The Morgan fingerprint density at radius 1 is 1.24 bits per heavy atom. The average Bonchev–Trinajstić information content (AvgIpc) is 2.90. The SMILES string of the molecule is COc1cccc([C@@H]2CCCN(Cc3cc4n(n3)CCCNC4)C2)c1. The number of aryl methyl sites for hydroxylation is 1. The molecule has 3 heterocycles. The minimum atomic E-state index is 0.589. The van der Waals surface area contributed by atoms with Crippen molar-refractivity contribution in [3.05, 3.63) is 47.3 Å². The molecule has 0 amide bonds. The number of rotatable bonds is 4. The normalized spacial score (nSPS) is 21.6. The van der Waals surface area contributed by atoms with Crippen LogP contribution in [0.2, 0.25) is 0 Å². The van der Waals surface area contributed by atoms with Gasteiger partial charge in [-0.15, -0.1) is 0 Å². The maximum absolute atomic E-state index is 5.39. The Bertz CT molecular complexity index is 688. The number of nitrogens with one attached hydrogen (secondary N) is 1. The first kappa shape index (κ1) is 16.6. The fourth-order valence-corrected chi connectivity index (χ4v) is 4.09. The Labute approximate surface area is 150 Å². The van der Waals surface area contributed by atoms with E-state index in [0.29, 0.717) is 5.92 Å². The van der Waals surface area contributed by atoms with Crippen molar-refractivity contribution in [2.45, 2.75) is 44.8 Å². The van der Waals surface area contributed by atoms with Gasteiger partial charge in [-0.25, -0.2) is 0 Å². The lowest BCUT2D eigenvalue weighted by Gasteiger charge is -2.32. The van der Waals surface area contributed by atoms with E-state index >= 15 is 0 Å². The van der Waals surface area contributed by atoms with Crippen LogP contribution in [0.15, 0.2) is 30.3 Å². The van der Waals surface area contributed by atoms with E-state index < -0.39 is 0 Å². The van der Waals surface area contributed by atoms with E-state index in [1.807, 2.05) is 6.07 Å². The first-order valence-corrected chi connectivity index (χ1v) is 9.44. The number of nitrogens with zero attached hydrogens (tertiary/aromatic N) is 3. The lowest BCUT2D eigenvalue weighted by Crippen LogP contribution is -2.34. The lowest BCUT2D eigenvalue weighted by molar-refractivity contribution is 0.197. The third-order valence-corrected chi connectivity index (χ3v) is 5.40. The maximum Gasteiger partial charge on any atom is 0.119 e. The molecule has 2 aromatic rings. The number of piperidine rings is 1. The Hall–Kier alpha value is -1.85. The van der Waals surface area contributed by atoms with Crippen molar-refractivity contribution < 1.29 is 4.74 Å². The van der Waals surface area contributed by atoms with Crippen LogP contribution in [-0.4, -0.2) is 41.4 Å². The predicted molar refractivity (Wildman–Crippen MR) is 98.8 cm³/mol. The Morgan fingerprint density at radius 3 is 3.12 bits per heavy atom. The highest BCUT2D eigenvalue weighted by Crippen LogP contribution is 2.29. The number of aromatic nitrogens is 2. The summed E-state index contributed by atoms with van der Waals surface area (Å²) in [6.45, 7) is 6.30. The van der Waals surface area contributed by atoms with E-state index in [2.05, 4.69) is 39.2 Å². The summed E-state index contributed by atoms with van der Waals surface area (Å²) in [6.07, 6.45) is 3.67. The van der Waals surface area contributed by atoms with Gasteiger partial charge in [0.05, 0.1) is 18.5 Å². The first-order chi connectivity index (χ1) is 12.3. The van der Waals surface area contributed by atoms with Crippen molar-refractivity contribution in [1.82, 2.24) is 20.0 Å². The molecule has 5 nitrogen and oxygen atoms in total. The maximum atomic E-state index is 5.39. The van der Waals surface area contributed by atoms with Crippen molar-refractivity contribution in [2.75, 3.05) is 26.7 Å². The molecule has 1 atom stereocenters. The highest BCUT2D eigenvalue weighted by Gasteiger charge is 2.23. The molecule has 134 valence electrons. The summed E-state index contributed by atoms with van der Waals surface area (Å²) >= 11 is 0. The molecular weight excluding hydrogens is 312 g/mol. The molecule has 0 radical (unpaired) electrons. The van der Waals surface area contributed by atoms with Gasteiger partial charge in [-0.1, -0.05) is 12.1 Å². The third kappa shape index (κ3) is 3.88. The highest BCUT2D eigenvalue weighted by molar-refractivity contribution is 5.31. The van der Waals surface area contributed by atoms with Gasteiger partial charge in [-0.3, -0.25) is 9.58 Å². The molecule has 2 aliphatic heterocycles. The van der Waals surface area contributed by atoms with Crippen molar-refractivity contribution >= 4 is 0 Å². The summed E-state index contributed by atoms with van der Waals surface area (Å²) in [5, 5.41) is 8.32. The van der Waals surface area contributed by atoms with E-state index in [4.69, 9.17) is 9.84 Å². The lowest BCUT2D eigenvalue weighted by atomic mass is 9.90. The molecule has 0 unspecified atom stereocenters. The summed E-state index contributed by atoms with van der Waals surface area (Å²) in [5.41, 5.74) is 3.94. The van der Waals surface area contributed by atoms with Crippen LogP contribution in [0.5, 0.6) is 5.75 Å². The van der Waals surface area contributed by atoms with Crippen LogP contribution in [-0.2, 0) is 19.6 Å². The van der Waals surface area contributed by atoms with Crippen LogP contribution < -0.4 is 10.1 Å². The average molecular weight is 340 g/mol. The van der Waals surface area contributed by atoms with E-state index in [9.17, 15) is 0 Å². The van der Waals surface area contributed by atoms with Crippen LogP contribution in [0.4, 0.5) is 0 Å². The second-order valence-corrected chi connectivity index (χ2v) is 7.23. The van der Waals surface area contributed by atoms with Gasteiger partial charge in [-0.05, 0) is 62.0 Å². The number of benzene rings is 1. The molecule has 4 rings (SSSR count). The van der Waals surface area contributed by atoms with Crippen molar-refractivity contribution in [2.24, 2.45) is 0 Å². The van der Waals surface area contributed by atoms with Gasteiger partial charge in [0, 0.05) is 26.2 Å². The molecule has 1 saturated heterocycles. The second-order valence-electron chi connectivity index (χ2n) is 7.23. The summed E-state index contributed by atoms with van der Waals surface area (Å²) in [5.74, 6) is 1.55. The van der Waals surface area contributed by atoms with Gasteiger partial charge in [0.2, 0.25) is 0 Å². The van der Waals surface area contributed by atoms with Gasteiger partial charge < -0.3 is 10.1 Å². The summed E-state index contributed by atoms with van der Waals surface area (Å²) in [7, 11) is 1.74. The van der Waals surface area contributed by atoms with Crippen LogP contribution >= 0.6 is 0 Å². The number of hydrogen-bond donors (Lipinski definition) is 1. The van der Waals surface area contributed by atoms with Crippen LogP contribution in [0.25, 0.3) is 0 Å². The molecule has 0 saturated carbocycles. The molecule has 1 aromatic heterocycles. The van der Waals surface area contributed by atoms with Crippen molar-refractivity contribution in [3.8, 4) is 5.75 Å². The number of hydrogen-bond acceptors (Lipinski definition) is 4. The summed E-state index contributed by atoms with van der Waals surface area (Å²) in [6, 6.07) is 10.8. The minimum Gasteiger partial charge on any atom is -0.497 e. The zero-order valence-corrected chi connectivity index (χ0v) is 15.1. The molecular formula is C20H28N4O. The topological polar surface area (TPSA) is 42.3 Å². The minimum absolute atomic E-state index is 0.589. The Kier molecular flexibility index (Phi) is 5.04. The predicted octanol–water partition coefficient (Wildman–Crippen LogP) is 2.76. The number of methoxy groups -OCH3 is 1.